The SMILES string of the molecule is C=CCOc1cc(Br)c(C=C2SC(=O)N(CC(=O)N3CCCCCC3)C2=O)cc1OC. The summed E-state index contributed by atoms with van der Waals surface area (Å²) in [7, 11) is 1.52. The molecule has 0 unspecified atom stereocenters. The van der Waals surface area contributed by atoms with Crippen LogP contribution in [0.4, 0.5) is 4.79 Å². The third kappa shape index (κ3) is 5.71. The summed E-state index contributed by atoms with van der Waals surface area (Å²) in [5.74, 6) is 0.377. The molecule has 2 saturated heterocycles. The fraction of sp³-hybridized carbons (Fsp3) is 0.409. The molecule has 2 aliphatic heterocycles. The quantitative estimate of drug-likeness (QED) is 0.399. The lowest BCUT2D eigenvalue weighted by Crippen LogP contribution is -2.42. The van der Waals surface area contributed by atoms with Crippen LogP contribution in [0.2, 0.25) is 0 Å². The minimum atomic E-state index is -0.462. The summed E-state index contributed by atoms with van der Waals surface area (Å²) in [5.41, 5.74) is 0.659. The van der Waals surface area contributed by atoms with Crippen LogP contribution in [0.3, 0.4) is 0 Å². The molecule has 3 rings (SSSR count). The number of hydrogen-bond donors (Lipinski definition) is 0. The second kappa shape index (κ2) is 10.9. The van der Waals surface area contributed by atoms with Crippen LogP contribution in [0.25, 0.3) is 6.08 Å². The van der Waals surface area contributed by atoms with Crippen molar-refractivity contribution in [2.45, 2.75) is 25.7 Å². The van der Waals surface area contributed by atoms with Gasteiger partial charge < -0.3 is 14.4 Å². The first-order chi connectivity index (χ1) is 14.9. The summed E-state index contributed by atoms with van der Waals surface area (Å²) in [5, 5.41) is -0.437. The number of likely N-dealkylation sites (tertiary alicyclic amines) is 1. The van der Waals surface area contributed by atoms with Crippen LogP contribution in [-0.4, -0.2) is 60.2 Å². The van der Waals surface area contributed by atoms with Gasteiger partial charge in [0.2, 0.25) is 5.91 Å². The second-order valence-electron chi connectivity index (χ2n) is 7.19. The third-order valence-corrected chi connectivity index (χ3v) is 6.65. The first kappa shape index (κ1) is 23.4. The minimum Gasteiger partial charge on any atom is -0.493 e. The van der Waals surface area contributed by atoms with Gasteiger partial charge in [0, 0.05) is 17.6 Å². The molecule has 2 fully saturated rings. The summed E-state index contributed by atoms with van der Waals surface area (Å²) in [6.45, 7) is 5.09. The van der Waals surface area contributed by atoms with Gasteiger partial charge in [-0.25, -0.2) is 0 Å². The number of rotatable bonds is 7. The number of halogens is 1. The Morgan fingerprint density at radius 2 is 1.90 bits per heavy atom. The Morgan fingerprint density at radius 1 is 1.19 bits per heavy atom. The van der Waals surface area contributed by atoms with Gasteiger partial charge in [-0.1, -0.05) is 41.4 Å². The molecule has 1 aromatic rings. The summed E-state index contributed by atoms with van der Waals surface area (Å²) in [6.07, 6.45) is 7.36. The maximum absolute atomic E-state index is 12.8. The highest BCUT2D eigenvalue weighted by molar-refractivity contribution is 9.10. The third-order valence-electron chi connectivity index (χ3n) is 5.05. The standard InChI is InChI=1S/C22H25BrN2O5S/c1-3-10-30-18-13-16(23)15(11-17(18)29-2)12-19-21(27)25(22(28)31-19)14-20(26)24-8-6-4-5-7-9-24/h3,11-13H,1,4-10,14H2,2H3. The van der Waals surface area contributed by atoms with Crippen LogP contribution < -0.4 is 9.47 Å². The van der Waals surface area contributed by atoms with Crippen molar-refractivity contribution in [3.63, 3.8) is 0 Å². The highest BCUT2D eigenvalue weighted by atomic mass is 79.9. The van der Waals surface area contributed by atoms with E-state index < -0.39 is 11.1 Å². The smallest absolute Gasteiger partial charge is 0.294 e. The van der Waals surface area contributed by atoms with Gasteiger partial charge >= 0.3 is 0 Å². The number of benzene rings is 1. The number of amides is 3. The van der Waals surface area contributed by atoms with Crippen molar-refractivity contribution in [1.29, 1.82) is 0 Å². The van der Waals surface area contributed by atoms with E-state index in [9.17, 15) is 14.4 Å². The number of thioether (sulfide) groups is 1. The Labute approximate surface area is 194 Å². The summed E-state index contributed by atoms with van der Waals surface area (Å²) >= 11 is 4.31. The number of methoxy groups -OCH3 is 1. The molecule has 9 heteroatoms. The molecule has 0 atom stereocenters. The maximum atomic E-state index is 12.8. The topological polar surface area (TPSA) is 76.2 Å². The average molecular weight is 509 g/mol. The Morgan fingerprint density at radius 3 is 2.55 bits per heavy atom. The zero-order valence-electron chi connectivity index (χ0n) is 17.4. The maximum Gasteiger partial charge on any atom is 0.294 e. The van der Waals surface area contributed by atoms with Crippen LogP contribution in [0.1, 0.15) is 31.2 Å². The number of hydrogen-bond acceptors (Lipinski definition) is 6. The van der Waals surface area contributed by atoms with Crippen molar-refractivity contribution in [2.75, 3.05) is 33.4 Å². The molecule has 1 aromatic carbocycles. The Balaban J connectivity index is 1.76. The summed E-state index contributed by atoms with van der Waals surface area (Å²) < 4.78 is 11.6. The van der Waals surface area contributed by atoms with Crippen molar-refractivity contribution in [2.24, 2.45) is 0 Å². The predicted octanol–water partition coefficient (Wildman–Crippen LogP) is 4.46. The van der Waals surface area contributed by atoms with E-state index >= 15 is 0 Å². The number of imide groups is 1. The van der Waals surface area contributed by atoms with Gasteiger partial charge in [-0.05, 0) is 48.4 Å². The first-order valence-corrected chi connectivity index (χ1v) is 11.7. The Kier molecular flexibility index (Phi) is 8.20. The minimum absolute atomic E-state index is 0.183. The molecule has 0 bridgehead atoms. The lowest BCUT2D eigenvalue weighted by atomic mass is 10.2. The van der Waals surface area contributed by atoms with Crippen molar-refractivity contribution in [3.8, 4) is 11.5 Å². The largest absolute Gasteiger partial charge is 0.493 e. The van der Waals surface area contributed by atoms with E-state index in [4.69, 9.17) is 9.47 Å². The lowest BCUT2D eigenvalue weighted by molar-refractivity contribution is -0.135. The van der Waals surface area contributed by atoms with Crippen molar-refractivity contribution in [1.82, 2.24) is 9.80 Å². The first-order valence-electron chi connectivity index (χ1n) is 10.1. The molecule has 0 aliphatic carbocycles. The highest BCUT2D eigenvalue weighted by Crippen LogP contribution is 2.38. The van der Waals surface area contributed by atoms with Gasteiger partial charge in [0.05, 0.1) is 12.0 Å². The van der Waals surface area contributed by atoms with Gasteiger partial charge in [-0.3, -0.25) is 19.3 Å². The van der Waals surface area contributed by atoms with E-state index in [2.05, 4.69) is 22.5 Å². The van der Waals surface area contributed by atoms with Crippen LogP contribution in [0.5, 0.6) is 11.5 Å². The molecule has 0 spiro atoms. The lowest BCUT2D eigenvalue weighted by Gasteiger charge is -2.22. The zero-order chi connectivity index (χ0) is 22.4. The highest BCUT2D eigenvalue weighted by Gasteiger charge is 2.37. The fourth-order valence-electron chi connectivity index (χ4n) is 3.42. The molecule has 2 heterocycles. The van der Waals surface area contributed by atoms with Gasteiger partial charge in [-0.2, -0.15) is 0 Å². The molecular weight excluding hydrogens is 484 g/mol. The van der Waals surface area contributed by atoms with Gasteiger partial charge in [-0.15, -0.1) is 0 Å². The monoisotopic (exact) mass is 508 g/mol. The van der Waals surface area contributed by atoms with Crippen molar-refractivity contribution in [3.05, 3.63) is 39.7 Å². The number of carbonyl (C=O) groups is 3. The zero-order valence-corrected chi connectivity index (χ0v) is 19.8. The van der Waals surface area contributed by atoms with Crippen LogP contribution in [0.15, 0.2) is 34.2 Å². The second-order valence-corrected chi connectivity index (χ2v) is 9.03. The van der Waals surface area contributed by atoms with Crippen molar-refractivity contribution >= 4 is 50.8 Å². The molecular formula is C22H25BrN2O5S. The van der Waals surface area contributed by atoms with E-state index in [1.807, 2.05) is 0 Å². The van der Waals surface area contributed by atoms with Crippen LogP contribution in [0, 0.1) is 0 Å². The van der Waals surface area contributed by atoms with E-state index in [0.29, 0.717) is 41.2 Å². The van der Waals surface area contributed by atoms with Gasteiger partial charge in [0.1, 0.15) is 13.2 Å². The Bertz CT molecular complexity index is 909. The molecule has 3 amide bonds. The number of ether oxygens (including phenoxy) is 2. The summed E-state index contributed by atoms with van der Waals surface area (Å²) in [6, 6.07) is 3.46. The molecule has 7 nitrogen and oxygen atoms in total. The van der Waals surface area contributed by atoms with Crippen LogP contribution >= 0.6 is 27.7 Å². The molecule has 31 heavy (non-hydrogen) atoms. The molecule has 166 valence electrons. The van der Waals surface area contributed by atoms with E-state index in [1.54, 1.807) is 29.2 Å². The predicted molar refractivity (Wildman–Crippen MR) is 124 cm³/mol. The molecule has 0 radical (unpaired) electrons. The van der Waals surface area contributed by atoms with Gasteiger partial charge in [0.25, 0.3) is 11.1 Å². The number of nitrogens with zero attached hydrogens (tertiary/aromatic N) is 2. The van der Waals surface area contributed by atoms with E-state index in [0.717, 1.165) is 42.3 Å². The normalized spacial score (nSPS) is 18.3. The molecule has 0 saturated carbocycles. The fourth-order valence-corrected chi connectivity index (χ4v) is 4.68. The van der Waals surface area contributed by atoms with Crippen molar-refractivity contribution < 1.29 is 23.9 Å². The molecule has 0 N–H and O–H groups in total. The number of carbonyl (C=O) groups excluding carboxylic acids is 3. The molecule has 2 aliphatic rings. The van der Waals surface area contributed by atoms with E-state index in [1.165, 1.54) is 7.11 Å². The molecule has 0 aromatic heterocycles. The Hall–Kier alpha value is -2.26. The average Bonchev–Trinajstić information content (AvgIpc) is 2.96. The van der Waals surface area contributed by atoms with Crippen LogP contribution in [-0.2, 0) is 9.59 Å². The van der Waals surface area contributed by atoms with Gasteiger partial charge in [0.15, 0.2) is 11.5 Å². The van der Waals surface area contributed by atoms with E-state index in [-0.39, 0.29) is 17.4 Å². The summed E-state index contributed by atoms with van der Waals surface area (Å²) in [4.78, 5) is 41.0.